The molecule has 0 spiro atoms. The molecule has 3 aromatic rings. The second kappa shape index (κ2) is 6.30. The number of nitrogens with one attached hydrogen (secondary N) is 1. The first kappa shape index (κ1) is 16.3. The number of H-pyrrole nitrogens is 1. The first-order chi connectivity index (χ1) is 12.6. The lowest BCUT2D eigenvalue weighted by molar-refractivity contribution is -0.107. The number of fused-ring (bicyclic) bond motifs is 1. The molecule has 1 aliphatic rings. The highest BCUT2D eigenvalue weighted by Crippen LogP contribution is 2.37. The summed E-state index contributed by atoms with van der Waals surface area (Å²) in [5.74, 6) is 0.663. The van der Waals surface area contributed by atoms with E-state index in [4.69, 9.17) is 5.26 Å². The first-order valence-electron chi connectivity index (χ1n) is 8.77. The molecule has 0 saturated heterocycles. The van der Waals surface area contributed by atoms with E-state index in [0.29, 0.717) is 18.8 Å². The second-order valence-electron chi connectivity index (χ2n) is 6.69. The van der Waals surface area contributed by atoms with Crippen molar-refractivity contribution in [3.8, 4) is 17.2 Å². The molecule has 4 rings (SSSR count). The molecule has 3 aromatic heterocycles. The molecule has 0 bridgehead atoms. The topological polar surface area (TPSA) is 90.6 Å². The van der Waals surface area contributed by atoms with Crippen molar-refractivity contribution in [2.24, 2.45) is 0 Å². The van der Waals surface area contributed by atoms with E-state index in [1.165, 1.54) is 0 Å². The molecule has 0 atom stereocenters. The fraction of sp³-hybridized carbons (Fsp3) is 0.368. The fourth-order valence-corrected chi connectivity index (χ4v) is 3.50. The van der Waals surface area contributed by atoms with Crippen molar-refractivity contribution in [1.29, 1.82) is 5.26 Å². The predicted octanol–water partition coefficient (Wildman–Crippen LogP) is 3.08. The van der Waals surface area contributed by atoms with E-state index in [9.17, 15) is 4.79 Å². The number of aryl methyl sites for hydroxylation is 2. The quantitative estimate of drug-likeness (QED) is 0.693. The van der Waals surface area contributed by atoms with E-state index in [0.717, 1.165) is 52.8 Å². The van der Waals surface area contributed by atoms with Crippen LogP contribution in [0.25, 0.3) is 22.2 Å². The lowest BCUT2D eigenvalue weighted by Gasteiger charge is -2.17. The van der Waals surface area contributed by atoms with Crippen molar-refractivity contribution in [2.45, 2.75) is 45.7 Å². The Labute approximate surface area is 151 Å². The number of rotatable bonds is 6. The summed E-state index contributed by atoms with van der Waals surface area (Å²) in [5.41, 5.74) is 4.73. The minimum atomic E-state index is 0.251. The SMILES string of the molecule is Cc1nn(CCC#N)c(C)c1-c1cc(N(C=O)C2CC2)nc2[nH]ccc12. The summed E-state index contributed by atoms with van der Waals surface area (Å²) in [6.07, 6.45) is 5.18. The summed E-state index contributed by atoms with van der Waals surface area (Å²) in [5, 5.41) is 14.5. The molecule has 1 amide bonds. The average Bonchev–Trinajstić information content (AvgIpc) is 3.27. The van der Waals surface area contributed by atoms with Crippen molar-refractivity contribution in [3.63, 3.8) is 0 Å². The number of hydrogen-bond donors (Lipinski definition) is 1. The van der Waals surface area contributed by atoms with Gasteiger partial charge in [0.1, 0.15) is 11.5 Å². The minimum absolute atomic E-state index is 0.251. The molecule has 1 N–H and O–H groups in total. The van der Waals surface area contributed by atoms with Crippen LogP contribution in [0.5, 0.6) is 0 Å². The highest BCUT2D eigenvalue weighted by atomic mass is 16.1. The predicted molar refractivity (Wildman–Crippen MR) is 98.6 cm³/mol. The number of nitriles is 1. The van der Waals surface area contributed by atoms with Crippen LogP contribution >= 0.6 is 0 Å². The number of aromatic nitrogens is 4. The molecular formula is C19H20N6O. The number of aromatic amines is 1. The Bertz CT molecular complexity index is 1020. The maximum Gasteiger partial charge on any atom is 0.215 e. The highest BCUT2D eigenvalue weighted by Gasteiger charge is 2.31. The van der Waals surface area contributed by atoms with Crippen molar-refractivity contribution in [1.82, 2.24) is 19.7 Å². The minimum Gasteiger partial charge on any atom is -0.346 e. The smallest absolute Gasteiger partial charge is 0.215 e. The van der Waals surface area contributed by atoms with Gasteiger partial charge < -0.3 is 4.98 Å². The maximum atomic E-state index is 11.6. The number of pyridine rings is 1. The number of nitrogens with zero attached hydrogens (tertiary/aromatic N) is 5. The van der Waals surface area contributed by atoms with Gasteiger partial charge >= 0.3 is 0 Å². The summed E-state index contributed by atoms with van der Waals surface area (Å²) in [4.78, 5) is 21.1. The molecule has 3 heterocycles. The Balaban J connectivity index is 1.88. The number of hydrogen-bond acceptors (Lipinski definition) is 4. The molecular weight excluding hydrogens is 328 g/mol. The summed E-state index contributed by atoms with van der Waals surface area (Å²) in [6, 6.07) is 6.39. The standard InChI is InChI=1S/C19H20N6O/c1-12-18(13(2)25(23-12)9-3-7-20)16-10-17(24(11-26)14-4-5-14)22-19-15(16)6-8-21-19/h6,8,10-11,14H,3-5,9H2,1-2H3,(H,21,22). The largest absolute Gasteiger partial charge is 0.346 e. The van der Waals surface area contributed by atoms with E-state index in [-0.39, 0.29) is 6.04 Å². The molecule has 1 aliphatic carbocycles. The Morgan fingerprint density at radius 3 is 2.96 bits per heavy atom. The van der Waals surface area contributed by atoms with Crippen molar-refractivity contribution >= 4 is 23.3 Å². The molecule has 132 valence electrons. The zero-order chi connectivity index (χ0) is 18.3. The van der Waals surface area contributed by atoms with Crippen LogP contribution in [-0.4, -0.2) is 32.2 Å². The first-order valence-corrected chi connectivity index (χ1v) is 8.77. The van der Waals surface area contributed by atoms with Gasteiger partial charge in [0.05, 0.1) is 24.7 Å². The van der Waals surface area contributed by atoms with Gasteiger partial charge in [-0.1, -0.05) is 0 Å². The van der Waals surface area contributed by atoms with E-state index in [1.807, 2.05) is 36.9 Å². The molecule has 0 unspecified atom stereocenters. The van der Waals surface area contributed by atoms with Gasteiger partial charge in [-0.2, -0.15) is 10.4 Å². The zero-order valence-electron chi connectivity index (χ0n) is 14.9. The van der Waals surface area contributed by atoms with Crippen LogP contribution in [0.1, 0.15) is 30.7 Å². The number of anilines is 1. The molecule has 1 saturated carbocycles. The summed E-state index contributed by atoms with van der Waals surface area (Å²) >= 11 is 0. The van der Waals surface area contributed by atoms with Crippen LogP contribution in [0, 0.1) is 25.2 Å². The number of carbonyl (C=O) groups is 1. The summed E-state index contributed by atoms with van der Waals surface area (Å²) in [6.45, 7) is 4.56. The Morgan fingerprint density at radius 1 is 1.46 bits per heavy atom. The van der Waals surface area contributed by atoms with Crippen LogP contribution < -0.4 is 4.90 Å². The molecule has 0 aromatic carbocycles. The zero-order valence-corrected chi connectivity index (χ0v) is 14.9. The molecule has 0 radical (unpaired) electrons. The Morgan fingerprint density at radius 2 is 2.27 bits per heavy atom. The molecule has 7 nitrogen and oxygen atoms in total. The van der Waals surface area contributed by atoms with Gasteiger partial charge in [-0.05, 0) is 38.8 Å². The van der Waals surface area contributed by atoms with Crippen molar-refractivity contribution in [2.75, 3.05) is 4.90 Å². The third-order valence-corrected chi connectivity index (χ3v) is 4.92. The van der Waals surface area contributed by atoms with Gasteiger partial charge in [0.25, 0.3) is 0 Å². The van der Waals surface area contributed by atoms with E-state index in [1.54, 1.807) is 4.90 Å². The summed E-state index contributed by atoms with van der Waals surface area (Å²) < 4.78 is 1.88. The monoisotopic (exact) mass is 348 g/mol. The van der Waals surface area contributed by atoms with Gasteiger partial charge in [0, 0.05) is 34.4 Å². The van der Waals surface area contributed by atoms with Crippen molar-refractivity contribution < 1.29 is 4.79 Å². The third-order valence-electron chi connectivity index (χ3n) is 4.92. The van der Waals surface area contributed by atoms with E-state index < -0.39 is 0 Å². The maximum absolute atomic E-state index is 11.6. The fourth-order valence-electron chi connectivity index (χ4n) is 3.50. The highest BCUT2D eigenvalue weighted by molar-refractivity contribution is 5.97. The lowest BCUT2D eigenvalue weighted by atomic mass is 10.0. The van der Waals surface area contributed by atoms with Gasteiger partial charge in [-0.3, -0.25) is 14.4 Å². The average molecular weight is 348 g/mol. The van der Waals surface area contributed by atoms with E-state index >= 15 is 0 Å². The molecule has 26 heavy (non-hydrogen) atoms. The van der Waals surface area contributed by atoms with Gasteiger partial charge in [0.2, 0.25) is 6.41 Å². The number of carbonyl (C=O) groups excluding carboxylic acids is 1. The summed E-state index contributed by atoms with van der Waals surface area (Å²) in [7, 11) is 0. The molecule has 0 aliphatic heterocycles. The van der Waals surface area contributed by atoms with E-state index in [2.05, 4.69) is 21.1 Å². The lowest BCUT2D eigenvalue weighted by Crippen LogP contribution is -2.24. The van der Waals surface area contributed by atoms with Crippen molar-refractivity contribution in [3.05, 3.63) is 29.7 Å². The Hall–Kier alpha value is -3.14. The van der Waals surface area contributed by atoms with Gasteiger partial charge in [-0.25, -0.2) is 4.98 Å². The van der Waals surface area contributed by atoms with Crippen LogP contribution in [0.4, 0.5) is 5.82 Å². The normalized spacial score (nSPS) is 13.7. The van der Waals surface area contributed by atoms with Gasteiger partial charge in [0.15, 0.2) is 0 Å². The molecule has 1 fully saturated rings. The van der Waals surface area contributed by atoms with Gasteiger partial charge in [-0.15, -0.1) is 0 Å². The van der Waals surface area contributed by atoms with Crippen LogP contribution in [0.15, 0.2) is 18.3 Å². The van der Waals surface area contributed by atoms with Crippen LogP contribution in [0.3, 0.4) is 0 Å². The third kappa shape index (κ3) is 2.64. The Kier molecular flexibility index (Phi) is 3.96. The molecule has 7 heteroatoms. The second-order valence-corrected chi connectivity index (χ2v) is 6.69. The number of amides is 1. The van der Waals surface area contributed by atoms with Crippen LogP contribution in [0.2, 0.25) is 0 Å². The van der Waals surface area contributed by atoms with Crippen LogP contribution in [-0.2, 0) is 11.3 Å².